The first kappa shape index (κ1) is 20.3. The lowest BCUT2D eigenvalue weighted by atomic mass is 9.58. The number of fused-ring (bicyclic) bond motifs is 3. The van der Waals surface area contributed by atoms with Gasteiger partial charge in [-0.1, -0.05) is 0 Å². The maximum atomic E-state index is 13.2. The molecule has 29 heavy (non-hydrogen) atoms. The highest BCUT2D eigenvalue weighted by Gasteiger charge is 2.51. The van der Waals surface area contributed by atoms with E-state index >= 15 is 0 Å². The molecule has 2 bridgehead atoms. The van der Waals surface area contributed by atoms with Crippen molar-refractivity contribution < 1.29 is 27.5 Å². The molecule has 0 radical (unpaired) electrons. The van der Waals surface area contributed by atoms with Gasteiger partial charge in [-0.3, -0.25) is 9.59 Å². The number of hydrogen-bond donors (Lipinski definition) is 1. The molecule has 3 aliphatic carbocycles. The average Bonchev–Trinajstić information content (AvgIpc) is 2.73. The number of carboxylic acid groups (broad SMARTS) is 1. The van der Waals surface area contributed by atoms with Gasteiger partial charge in [0.25, 0.3) is 0 Å². The lowest BCUT2D eigenvalue weighted by Gasteiger charge is -2.48. The molecule has 1 amide bonds. The number of carbonyl (C=O) groups is 2. The van der Waals surface area contributed by atoms with Gasteiger partial charge >= 0.3 is 5.97 Å². The van der Waals surface area contributed by atoms with Crippen molar-refractivity contribution in [1.82, 2.24) is 9.21 Å². The summed E-state index contributed by atoms with van der Waals surface area (Å²) in [6.07, 6.45) is 3.53. The molecule has 1 aliphatic heterocycles. The highest BCUT2D eigenvalue weighted by molar-refractivity contribution is 7.89. The Kier molecular flexibility index (Phi) is 5.37. The number of aliphatic carboxylic acids is 1. The van der Waals surface area contributed by atoms with Crippen LogP contribution in [0.2, 0.25) is 0 Å². The predicted molar refractivity (Wildman–Crippen MR) is 102 cm³/mol. The molecule has 0 unspecified atom stereocenters. The number of nitrogens with zero attached hydrogens (tertiary/aromatic N) is 2. The first-order valence-electron chi connectivity index (χ1n) is 10.1. The number of rotatable bonds is 4. The molecule has 9 heteroatoms. The highest BCUT2D eigenvalue weighted by Crippen LogP contribution is 2.49. The van der Waals surface area contributed by atoms with Crippen molar-refractivity contribution in [1.29, 1.82) is 0 Å². The van der Waals surface area contributed by atoms with Crippen LogP contribution >= 0.6 is 0 Å². The zero-order chi connectivity index (χ0) is 20.8. The number of halogens is 1. The summed E-state index contributed by atoms with van der Waals surface area (Å²) in [5, 5.41) is 9.69. The Bertz CT molecular complexity index is 888. The van der Waals surface area contributed by atoms with E-state index in [1.807, 2.05) is 0 Å². The fraction of sp³-hybridized carbons (Fsp3) is 0.600. The molecule has 1 saturated heterocycles. The molecule has 1 N–H and O–H groups in total. The van der Waals surface area contributed by atoms with Crippen molar-refractivity contribution in [3.8, 4) is 0 Å². The third-order valence-electron chi connectivity index (χ3n) is 6.79. The number of amides is 1. The van der Waals surface area contributed by atoms with E-state index in [0.29, 0.717) is 0 Å². The summed E-state index contributed by atoms with van der Waals surface area (Å²) in [6, 6.07) is 4.68. The SMILES string of the molecule is O=C(O)[C@@H]1C2CCC(CC2)[C@H]1C(=O)N1CCN(S(=O)(=O)c2ccc(F)cc2)CC1. The molecule has 3 saturated carbocycles. The molecule has 2 atom stereocenters. The minimum Gasteiger partial charge on any atom is -0.481 e. The number of hydrogen-bond acceptors (Lipinski definition) is 4. The Morgan fingerprint density at radius 3 is 1.93 bits per heavy atom. The van der Waals surface area contributed by atoms with Gasteiger partial charge in [0.15, 0.2) is 0 Å². The summed E-state index contributed by atoms with van der Waals surface area (Å²) in [4.78, 5) is 26.6. The lowest BCUT2D eigenvalue weighted by molar-refractivity contribution is -0.162. The molecule has 0 spiro atoms. The number of carboxylic acids is 1. The van der Waals surface area contributed by atoms with E-state index in [4.69, 9.17) is 0 Å². The van der Waals surface area contributed by atoms with E-state index in [1.54, 1.807) is 4.90 Å². The summed E-state index contributed by atoms with van der Waals surface area (Å²) in [6.45, 7) is 0.757. The minimum absolute atomic E-state index is 0.0224. The van der Waals surface area contributed by atoms with Crippen molar-refractivity contribution in [2.24, 2.45) is 23.7 Å². The predicted octanol–water partition coefficient (Wildman–Crippen LogP) is 1.80. The van der Waals surface area contributed by atoms with Crippen LogP contribution in [0.1, 0.15) is 25.7 Å². The molecular formula is C20H25FN2O5S. The summed E-state index contributed by atoms with van der Waals surface area (Å²) < 4.78 is 39.9. The van der Waals surface area contributed by atoms with Gasteiger partial charge in [0, 0.05) is 26.2 Å². The van der Waals surface area contributed by atoms with Gasteiger partial charge in [0.1, 0.15) is 5.82 Å². The zero-order valence-electron chi connectivity index (χ0n) is 16.0. The van der Waals surface area contributed by atoms with Crippen molar-refractivity contribution in [2.45, 2.75) is 30.6 Å². The standard InChI is InChI=1S/C20H25FN2O5S/c21-15-5-7-16(8-6-15)29(27,28)23-11-9-22(10-12-23)19(24)17-13-1-3-14(4-2-13)18(17)20(25)26/h5-8,13-14,17-18H,1-4,9-12H2,(H,25,26)/t13?,14?,17-,18-/m1/s1. The van der Waals surface area contributed by atoms with Crippen molar-refractivity contribution in [3.63, 3.8) is 0 Å². The van der Waals surface area contributed by atoms with E-state index in [2.05, 4.69) is 0 Å². The monoisotopic (exact) mass is 424 g/mol. The maximum absolute atomic E-state index is 13.2. The van der Waals surface area contributed by atoms with Gasteiger partial charge in [-0.2, -0.15) is 4.31 Å². The van der Waals surface area contributed by atoms with Gasteiger partial charge in [0.2, 0.25) is 15.9 Å². The average molecular weight is 424 g/mol. The third kappa shape index (κ3) is 3.66. The van der Waals surface area contributed by atoms with E-state index in [0.717, 1.165) is 37.8 Å². The minimum atomic E-state index is -3.75. The quantitative estimate of drug-likeness (QED) is 0.795. The molecule has 4 aliphatic rings. The van der Waals surface area contributed by atoms with E-state index < -0.39 is 33.6 Å². The van der Waals surface area contributed by atoms with Crippen LogP contribution in [-0.2, 0) is 19.6 Å². The fourth-order valence-electron chi connectivity index (χ4n) is 5.28. The van der Waals surface area contributed by atoms with Crippen LogP contribution in [0, 0.1) is 29.5 Å². The second-order valence-corrected chi connectivity index (χ2v) is 10.2. The Morgan fingerprint density at radius 1 is 0.897 bits per heavy atom. The first-order chi connectivity index (χ1) is 13.8. The maximum Gasteiger partial charge on any atom is 0.307 e. The fourth-order valence-corrected chi connectivity index (χ4v) is 6.70. The van der Waals surface area contributed by atoms with E-state index in [9.17, 15) is 27.5 Å². The first-order valence-corrected chi connectivity index (χ1v) is 11.5. The molecule has 4 fully saturated rings. The number of carbonyl (C=O) groups excluding carboxylic acids is 1. The Morgan fingerprint density at radius 2 is 1.41 bits per heavy atom. The molecule has 1 heterocycles. The highest BCUT2D eigenvalue weighted by atomic mass is 32.2. The topological polar surface area (TPSA) is 95.0 Å². The van der Waals surface area contributed by atoms with Crippen LogP contribution < -0.4 is 0 Å². The van der Waals surface area contributed by atoms with Crippen molar-refractivity contribution >= 4 is 21.9 Å². The van der Waals surface area contributed by atoms with Crippen LogP contribution in [0.3, 0.4) is 0 Å². The lowest BCUT2D eigenvalue weighted by Crippen LogP contribution is -2.56. The Labute approximate surface area is 169 Å². The number of piperazine rings is 1. The van der Waals surface area contributed by atoms with Crippen LogP contribution in [0.25, 0.3) is 0 Å². The van der Waals surface area contributed by atoms with Gasteiger partial charge in [-0.05, 0) is 61.8 Å². The van der Waals surface area contributed by atoms with E-state index in [1.165, 1.54) is 16.4 Å². The number of benzene rings is 1. The Hall–Kier alpha value is -2.00. The summed E-state index contributed by atoms with van der Waals surface area (Å²) >= 11 is 0. The van der Waals surface area contributed by atoms with Crippen LogP contribution in [-0.4, -0.2) is 60.8 Å². The van der Waals surface area contributed by atoms with Gasteiger partial charge in [-0.15, -0.1) is 0 Å². The van der Waals surface area contributed by atoms with Gasteiger partial charge in [0.05, 0.1) is 16.7 Å². The van der Waals surface area contributed by atoms with Crippen molar-refractivity contribution in [3.05, 3.63) is 30.1 Å². The van der Waals surface area contributed by atoms with Crippen LogP contribution in [0.4, 0.5) is 4.39 Å². The van der Waals surface area contributed by atoms with Crippen LogP contribution in [0.5, 0.6) is 0 Å². The summed E-state index contributed by atoms with van der Waals surface area (Å²) in [5.41, 5.74) is 0. The van der Waals surface area contributed by atoms with Gasteiger partial charge in [-0.25, -0.2) is 12.8 Å². The molecular weight excluding hydrogens is 399 g/mol. The van der Waals surface area contributed by atoms with Crippen molar-refractivity contribution in [2.75, 3.05) is 26.2 Å². The summed E-state index contributed by atoms with van der Waals surface area (Å²) in [5.74, 6) is -2.51. The van der Waals surface area contributed by atoms with Crippen LogP contribution in [0.15, 0.2) is 29.2 Å². The molecule has 1 aromatic carbocycles. The largest absolute Gasteiger partial charge is 0.481 e. The number of sulfonamides is 1. The summed E-state index contributed by atoms with van der Waals surface area (Å²) in [7, 11) is -3.75. The zero-order valence-corrected chi connectivity index (χ0v) is 16.9. The smallest absolute Gasteiger partial charge is 0.307 e. The molecule has 1 aromatic rings. The molecule has 0 aromatic heterocycles. The molecule has 158 valence electrons. The second-order valence-electron chi connectivity index (χ2n) is 8.25. The van der Waals surface area contributed by atoms with E-state index in [-0.39, 0.29) is 48.8 Å². The molecule has 7 nitrogen and oxygen atoms in total. The third-order valence-corrected chi connectivity index (χ3v) is 8.70. The normalized spacial score (nSPS) is 30.3. The second kappa shape index (κ2) is 7.68. The van der Waals surface area contributed by atoms with Gasteiger partial charge < -0.3 is 10.0 Å². The molecule has 5 rings (SSSR count). The Balaban J connectivity index is 1.45.